The van der Waals surface area contributed by atoms with Crippen molar-refractivity contribution in [3.05, 3.63) is 35.0 Å². The van der Waals surface area contributed by atoms with Gasteiger partial charge in [0.05, 0.1) is 11.3 Å². The van der Waals surface area contributed by atoms with E-state index in [-0.39, 0.29) is 17.9 Å². The molecule has 4 rings (SSSR count). The normalized spacial score (nSPS) is 25.4. The summed E-state index contributed by atoms with van der Waals surface area (Å²) >= 11 is 0. The van der Waals surface area contributed by atoms with Gasteiger partial charge in [-0.25, -0.2) is 0 Å². The predicted octanol–water partition coefficient (Wildman–Crippen LogP) is 2.85. The molecule has 0 unspecified atom stereocenters. The zero-order valence-corrected chi connectivity index (χ0v) is 17.1. The monoisotopic (exact) mass is 394 g/mol. The lowest BCUT2D eigenvalue weighted by Gasteiger charge is -2.52. The van der Waals surface area contributed by atoms with Crippen LogP contribution in [-0.4, -0.2) is 53.4 Å². The molecule has 0 saturated carbocycles. The second-order valence-corrected chi connectivity index (χ2v) is 9.55. The van der Waals surface area contributed by atoms with Gasteiger partial charge in [-0.05, 0) is 64.3 Å². The molecule has 2 aliphatic heterocycles. The van der Waals surface area contributed by atoms with Crippen molar-refractivity contribution >= 4 is 21.0 Å². The Morgan fingerprint density at radius 2 is 2.04 bits per heavy atom. The molecule has 27 heavy (non-hydrogen) atoms. The zero-order valence-electron chi connectivity index (χ0n) is 16.3. The van der Waals surface area contributed by atoms with Gasteiger partial charge in [-0.3, -0.25) is 9.45 Å². The van der Waals surface area contributed by atoms with Crippen LogP contribution in [0.3, 0.4) is 0 Å². The van der Waals surface area contributed by atoms with Crippen LogP contribution in [0.5, 0.6) is 0 Å². The summed E-state index contributed by atoms with van der Waals surface area (Å²) in [5.41, 5.74) is 5.36. The van der Waals surface area contributed by atoms with Crippen LogP contribution in [0.4, 0.5) is 0 Å². The van der Waals surface area contributed by atoms with Crippen molar-refractivity contribution in [3.63, 3.8) is 0 Å². The molecule has 1 fully saturated rings. The van der Waals surface area contributed by atoms with Gasteiger partial charge >= 0.3 is 0 Å². The molecule has 0 radical (unpaired) electrons. The summed E-state index contributed by atoms with van der Waals surface area (Å²) < 4.78 is 26.9. The quantitative estimate of drug-likeness (QED) is 0.681. The molecule has 2 aromatic rings. The summed E-state index contributed by atoms with van der Waals surface area (Å²) in [4.78, 5) is 6.28. The fourth-order valence-electron chi connectivity index (χ4n) is 4.58. The van der Waals surface area contributed by atoms with E-state index < -0.39 is 10.1 Å². The van der Waals surface area contributed by atoms with Crippen molar-refractivity contribution in [2.75, 3.05) is 25.4 Å². The number of fused-ring (bicyclic) bond motifs is 5. The van der Waals surface area contributed by atoms with Crippen LogP contribution >= 0.6 is 0 Å². The van der Waals surface area contributed by atoms with E-state index in [4.69, 9.17) is 4.55 Å². The Morgan fingerprint density at radius 1 is 1.33 bits per heavy atom. The molecule has 6 nitrogen and oxygen atoms in total. The Morgan fingerprint density at radius 3 is 2.67 bits per heavy atom. The van der Waals surface area contributed by atoms with Crippen LogP contribution in [0.25, 0.3) is 10.9 Å². The molecule has 150 valence electrons. The summed E-state index contributed by atoms with van der Waals surface area (Å²) in [5, 5.41) is 11.3. The predicted molar refractivity (Wildman–Crippen MR) is 108 cm³/mol. The second kappa shape index (κ2) is 7.54. The average Bonchev–Trinajstić information content (AvgIpc) is 3.00. The minimum Gasteiger partial charge on any atom is -0.396 e. The summed E-state index contributed by atoms with van der Waals surface area (Å²) in [6.45, 7) is 8.40. The number of H-pyrrole nitrogens is 1. The van der Waals surface area contributed by atoms with Crippen LogP contribution in [-0.2, 0) is 22.1 Å². The largest absolute Gasteiger partial charge is 0.396 e. The maximum atomic E-state index is 9.90. The van der Waals surface area contributed by atoms with Crippen molar-refractivity contribution in [1.29, 1.82) is 0 Å². The number of nitrogens with zero attached hydrogens (tertiary/aromatic N) is 1. The van der Waals surface area contributed by atoms with Crippen LogP contribution in [0, 0.1) is 12.8 Å². The van der Waals surface area contributed by atoms with E-state index in [2.05, 4.69) is 41.9 Å². The van der Waals surface area contributed by atoms with Gasteiger partial charge in [0.1, 0.15) is 0 Å². The number of aromatic amines is 1. The number of aromatic nitrogens is 1. The van der Waals surface area contributed by atoms with Crippen LogP contribution in [0.1, 0.15) is 43.5 Å². The first-order valence-corrected chi connectivity index (χ1v) is 11.2. The first kappa shape index (κ1) is 20.3. The highest BCUT2D eigenvalue weighted by molar-refractivity contribution is 7.85. The Balaban J connectivity index is 0.000000307. The van der Waals surface area contributed by atoms with Gasteiger partial charge in [-0.1, -0.05) is 11.6 Å². The molecule has 3 N–H and O–H groups in total. The molecule has 1 saturated heterocycles. The number of hydrogen-bond donors (Lipinski definition) is 3. The Hall–Kier alpha value is -1.41. The Bertz CT molecular complexity index is 921. The van der Waals surface area contributed by atoms with Crippen molar-refractivity contribution < 1.29 is 18.1 Å². The summed E-state index contributed by atoms with van der Waals surface area (Å²) in [7, 11) is -3.66. The first-order valence-electron chi connectivity index (χ1n) is 9.63. The highest BCUT2D eigenvalue weighted by Crippen LogP contribution is 2.47. The van der Waals surface area contributed by atoms with E-state index in [1.54, 1.807) is 0 Å². The standard InChI is InChI=1S/C18H24N2O.C2H6O3S/c1-12-5-6-16-15(10-12)14-7-9-20-8-3-4-13(11-21)18(20,2)17(14)19-16;1-2-6(3,4)5/h5-6,10,13,19,21H,3-4,7-9,11H2,1-2H3;2H2,1H3,(H,3,4,5)/t13-,18+;/m0./s1. The van der Waals surface area contributed by atoms with E-state index in [1.165, 1.54) is 41.1 Å². The average molecular weight is 395 g/mol. The van der Waals surface area contributed by atoms with Crippen molar-refractivity contribution in [1.82, 2.24) is 9.88 Å². The van der Waals surface area contributed by atoms with Gasteiger partial charge in [0.2, 0.25) is 0 Å². The van der Waals surface area contributed by atoms with Crippen molar-refractivity contribution in [2.45, 2.75) is 45.6 Å². The van der Waals surface area contributed by atoms with Crippen LogP contribution < -0.4 is 0 Å². The number of aliphatic hydroxyl groups is 1. The molecule has 1 aromatic carbocycles. The van der Waals surface area contributed by atoms with Gasteiger partial charge in [-0.2, -0.15) is 8.42 Å². The maximum Gasteiger partial charge on any atom is 0.264 e. The SMILES string of the molecule is CCS(=O)(=O)O.Cc1ccc2[nH]c3c(c2c1)CCN1CCC[C@@H](CO)[C@]31C. The summed E-state index contributed by atoms with van der Waals surface area (Å²) in [5.74, 6) is 0.131. The Kier molecular flexibility index (Phi) is 5.68. The minimum absolute atomic E-state index is 0.0342. The maximum absolute atomic E-state index is 9.90. The molecular weight excluding hydrogens is 364 g/mol. The van der Waals surface area contributed by atoms with Gasteiger partial charge in [-0.15, -0.1) is 0 Å². The molecule has 2 aliphatic rings. The van der Waals surface area contributed by atoms with E-state index in [0.717, 1.165) is 25.9 Å². The number of rotatable bonds is 2. The third kappa shape index (κ3) is 3.78. The molecule has 0 bridgehead atoms. The third-order valence-electron chi connectivity index (χ3n) is 6.22. The van der Waals surface area contributed by atoms with E-state index in [9.17, 15) is 13.5 Å². The number of nitrogens with one attached hydrogen (secondary N) is 1. The molecule has 0 spiro atoms. The van der Waals surface area contributed by atoms with Gasteiger partial charge in [0, 0.05) is 35.7 Å². The fraction of sp³-hybridized carbons (Fsp3) is 0.600. The topological polar surface area (TPSA) is 93.6 Å². The minimum atomic E-state index is -3.66. The highest BCUT2D eigenvalue weighted by atomic mass is 32.2. The number of benzene rings is 1. The van der Waals surface area contributed by atoms with Gasteiger partial charge < -0.3 is 10.1 Å². The van der Waals surface area contributed by atoms with Crippen molar-refractivity contribution in [2.24, 2.45) is 5.92 Å². The molecular formula is C20H30N2O4S. The smallest absolute Gasteiger partial charge is 0.264 e. The van der Waals surface area contributed by atoms with Crippen LogP contribution in [0.2, 0.25) is 0 Å². The lowest BCUT2D eigenvalue weighted by Crippen LogP contribution is -2.57. The molecule has 2 atom stereocenters. The van der Waals surface area contributed by atoms with E-state index in [0.29, 0.717) is 5.92 Å². The molecule has 7 heteroatoms. The van der Waals surface area contributed by atoms with Crippen molar-refractivity contribution in [3.8, 4) is 0 Å². The Labute approximate surface area is 161 Å². The third-order valence-corrected chi connectivity index (χ3v) is 6.95. The zero-order chi connectivity index (χ0) is 19.8. The lowest BCUT2D eigenvalue weighted by atomic mass is 9.72. The second-order valence-electron chi connectivity index (χ2n) is 7.80. The molecule has 0 aliphatic carbocycles. The summed E-state index contributed by atoms with van der Waals surface area (Å²) in [6, 6.07) is 6.68. The lowest BCUT2D eigenvalue weighted by molar-refractivity contribution is -0.0303. The molecule has 1 aromatic heterocycles. The highest BCUT2D eigenvalue weighted by Gasteiger charge is 2.47. The number of aliphatic hydroxyl groups excluding tert-OH is 1. The number of piperidine rings is 1. The summed E-state index contributed by atoms with van der Waals surface area (Å²) in [6.07, 6.45) is 3.44. The molecule has 3 heterocycles. The number of aryl methyl sites for hydroxylation is 1. The fourth-order valence-corrected chi connectivity index (χ4v) is 4.58. The van der Waals surface area contributed by atoms with E-state index in [1.807, 2.05) is 0 Å². The van der Waals surface area contributed by atoms with Gasteiger partial charge in [0.15, 0.2) is 0 Å². The van der Waals surface area contributed by atoms with Crippen LogP contribution in [0.15, 0.2) is 18.2 Å². The first-order chi connectivity index (χ1) is 12.7. The number of hydrogen-bond acceptors (Lipinski definition) is 4. The molecule has 0 amide bonds. The van der Waals surface area contributed by atoms with E-state index >= 15 is 0 Å². The van der Waals surface area contributed by atoms with Gasteiger partial charge in [0.25, 0.3) is 10.1 Å².